The highest BCUT2D eigenvalue weighted by Gasteiger charge is 2.23. The summed E-state index contributed by atoms with van der Waals surface area (Å²) in [6.45, 7) is 13.1. The predicted molar refractivity (Wildman–Crippen MR) is 279 cm³/mol. The Hall–Kier alpha value is -8.08. The van der Waals surface area contributed by atoms with Crippen molar-refractivity contribution < 1.29 is 8.83 Å². The lowest BCUT2D eigenvalue weighted by atomic mass is 9.97. The molecule has 0 aliphatic heterocycles. The molecule has 0 radical (unpaired) electrons. The van der Waals surface area contributed by atoms with Gasteiger partial charge in [0.2, 0.25) is 0 Å². The van der Waals surface area contributed by atoms with Gasteiger partial charge < -0.3 is 18.6 Å². The number of furan rings is 2. The summed E-state index contributed by atoms with van der Waals surface area (Å²) in [6, 6.07) is 66.1. The lowest BCUT2D eigenvalue weighted by Crippen LogP contribution is -2.11. The number of fused-ring (bicyclic) bond motifs is 8. The molecule has 0 atom stereocenters. The van der Waals surface area contributed by atoms with Crippen LogP contribution in [0.3, 0.4) is 0 Å². The van der Waals surface area contributed by atoms with E-state index in [1.165, 1.54) is 33.4 Å². The molecule has 0 aliphatic carbocycles. The van der Waals surface area contributed by atoms with Gasteiger partial charge in [0.25, 0.3) is 0 Å². The van der Waals surface area contributed by atoms with Crippen molar-refractivity contribution in [2.24, 2.45) is 0 Å². The van der Waals surface area contributed by atoms with Gasteiger partial charge in [0.15, 0.2) is 0 Å². The third-order valence-electron chi connectivity index (χ3n) is 13.9. The molecule has 66 heavy (non-hydrogen) atoms. The minimum Gasteiger partial charge on any atom is -0.455 e. The molecule has 0 saturated carbocycles. The Morgan fingerprint density at radius 3 is 1.18 bits per heavy atom. The number of benzene rings is 10. The van der Waals surface area contributed by atoms with Crippen LogP contribution in [0.1, 0.15) is 33.4 Å². The van der Waals surface area contributed by atoms with E-state index < -0.39 is 0 Å². The summed E-state index contributed by atoms with van der Waals surface area (Å²) < 4.78 is 14.0. The molecule has 0 amide bonds. The first-order valence-electron chi connectivity index (χ1n) is 22.8. The Kier molecular flexibility index (Phi) is 9.15. The summed E-state index contributed by atoms with van der Waals surface area (Å²) >= 11 is 0. The van der Waals surface area contributed by atoms with Gasteiger partial charge >= 0.3 is 0 Å². The Morgan fingerprint density at radius 1 is 0.303 bits per heavy atom. The monoisotopic (exact) mass is 852 g/mol. The Bertz CT molecular complexity index is 3680. The maximum absolute atomic E-state index is 7.02. The molecular weight excluding hydrogens is 805 g/mol. The number of anilines is 6. The molecule has 0 saturated heterocycles. The van der Waals surface area contributed by atoms with E-state index in [2.05, 4.69) is 233 Å². The van der Waals surface area contributed by atoms with Gasteiger partial charge in [-0.1, -0.05) is 91.0 Å². The SMILES string of the molecule is Cc1ccc(N(c2ccc3cc4c(cc3c2)oc2c(-c3ccccc3)c3oc5cc6cc(N(c7ccc(C)c(C)c7)c7ccccc7C)ccc6cc5c3cc24)c2ccccc2C)cc1C. The topological polar surface area (TPSA) is 32.8 Å². The third kappa shape index (κ3) is 6.43. The zero-order valence-corrected chi connectivity index (χ0v) is 38.0. The van der Waals surface area contributed by atoms with E-state index in [1.54, 1.807) is 0 Å². The minimum atomic E-state index is 0.823. The molecular formula is C62H48N2O2. The van der Waals surface area contributed by atoms with Crippen LogP contribution >= 0.6 is 0 Å². The van der Waals surface area contributed by atoms with E-state index in [0.717, 1.165) is 111 Å². The standard InChI is InChI=1S/C62H48N2O2/c1-37-20-24-48(28-41(37)5)63(56-18-12-10-14-39(56)3)50-26-22-44-32-52-54-36-55-53-33-45-23-27-51(64(57-19-13-11-15-40(57)4)49-25-21-38(2)42(6)29-49)31-47(45)35-59(53)66-62(55)60(43-16-8-7-9-17-43)61(54)65-58(52)34-46(44)30-50/h7-36H,1-6H3. The maximum Gasteiger partial charge on any atom is 0.147 e. The van der Waals surface area contributed by atoms with Crippen LogP contribution in [0.25, 0.3) is 76.5 Å². The van der Waals surface area contributed by atoms with Crippen molar-refractivity contribution in [3.05, 3.63) is 215 Å². The third-order valence-corrected chi connectivity index (χ3v) is 13.9. The van der Waals surface area contributed by atoms with Crippen LogP contribution in [0.15, 0.2) is 191 Å². The molecule has 0 spiro atoms. The minimum absolute atomic E-state index is 0.823. The van der Waals surface area contributed by atoms with E-state index in [-0.39, 0.29) is 0 Å². The number of rotatable bonds is 7. The van der Waals surface area contributed by atoms with Gasteiger partial charge in [-0.05, 0) is 193 Å². The van der Waals surface area contributed by atoms with Crippen molar-refractivity contribution >= 4 is 99.5 Å². The largest absolute Gasteiger partial charge is 0.455 e. The van der Waals surface area contributed by atoms with Crippen LogP contribution in [-0.4, -0.2) is 0 Å². The molecule has 2 heterocycles. The summed E-state index contributed by atoms with van der Waals surface area (Å²) in [6.07, 6.45) is 0. The molecule has 0 bridgehead atoms. The van der Waals surface area contributed by atoms with Gasteiger partial charge in [-0.25, -0.2) is 0 Å². The average Bonchev–Trinajstić information content (AvgIpc) is 3.86. The second-order valence-corrected chi connectivity index (χ2v) is 18.1. The fourth-order valence-corrected chi connectivity index (χ4v) is 9.96. The zero-order valence-electron chi connectivity index (χ0n) is 38.0. The summed E-state index contributed by atoms with van der Waals surface area (Å²) in [5.41, 5.74) is 19.6. The Labute approximate surface area is 384 Å². The van der Waals surface area contributed by atoms with Crippen LogP contribution in [0, 0.1) is 41.5 Å². The molecule has 12 rings (SSSR count). The quantitative estimate of drug-likeness (QED) is 0.160. The molecule has 318 valence electrons. The zero-order chi connectivity index (χ0) is 44.8. The molecule has 0 unspecified atom stereocenters. The van der Waals surface area contributed by atoms with Crippen molar-refractivity contribution in [3.8, 4) is 11.1 Å². The average molecular weight is 853 g/mol. The van der Waals surface area contributed by atoms with Gasteiger partial charge in [0, 0.05) is 55.7 Å². The number of nitrogens with zero attached hydrogens (tertiary/aromatic N) is 2. The number of para-hydroxylation sites is 2. The van der Waals surface area contributed by atoms with Gasteiger partial charge in [-0.15, -0.1) is 0 Å². The highest BCUT2D eigenvalue weighted by Crippen LogP contribution is 2.47. The molecule has 10 aromatic carbocycles. The fraction of sp³-hybridized carbons (Fsp3) is 0.0968. The van der Waals surface area contributed by atoms with Gasteiger partial charge in [0.05, 0.1) is 5.56 Å². The van der Waals surface area contributed by atoms with Crippen molar-refractivity contribution in [1.82, 2.24) is 0 Å². The van der Waals surface area contributed by atoms with E-state index in [9.17, 15) is 0 Å². The van der Waals surface area contributed by atoms with Crippen molar-refractivity contribution in [1.29, 1.82) is 0 Å². The van der Waals surface area contributed by atoms with Crippen molar-refractivity contribution in [2.75, 3.05) is 9.80 Å². The van der Waals surface area contributed by atoms with E-state index in [4.69, 9.17) is 8.83 Å². The number of hydrogen-bond donors (Lipinski definition) is 0. The number of aryl methyl sites for hydroxylation is 6. The lowest BCUT2D eigenvalue weighted by molar-refractivity contribution is 0.658. The molecule has 12 aromatic rings. The molecule has 0 fully saturated rings. The first-order valence-corrected chi connectivity index (χ1v) is 22.8. The van der Waals surface area contributed by atoms with E-state index >= 15 is 0 Å². The summed E-state index contributed by atoms with van der Waals surface area (Å²) in [5, 5.41) is 8.83. The molecule has 4 nitrogen and oxygen atoms in total. The van der Waals surface area contributed by atoms with Crippen LogP contribution in [-0.2, 0) is 0 Å². The first-order chi connectivity index (χ1) is 32.2. The summed E-state index contributed by atoms with van der Waals surface area (Å²) in [5.74, 6) is 0. The highest BCUT2D eigenvalue weighted by atomic mass is 16.3. The molecule has 2 aromatic heterocycles. The highest BCUT2D eigenvalue weighted by molar-refractivity contribution is 6.24. The lowest BCUT2D eigenvalue weighted by Gasteiger charge is -2.28. The Morgan fingerprint density at radius 2 is 0.727 bits per heavy atom. The van der Waals surface area contributed by atoms with Crippen LogP contribution in [0.4, 0.5) is 34.1 Å². The fourth-order valence-electron chi connectivity index (χ4n) is 9.96. The second-order valence-electron chi connectivity index (χ2n) is 18.1. The van der Waals surface area contributed by atoms with E-state index in [0.29, 0.717) is 0 Å². The molecule has 0 aliphatic rings. The first kappa shape index (κ1) is 39.5. The van der Waals surface area contributed by atoms with Crippen molar-refractivity contribution in [3.63, 3.8) is 0 Å². The van der Waals surface area contributed by atoms with Gasteiger partial charge in [-0.2, -0.15) is 0 Å². The predicted octanol–water partition coefficient (Wildman–Crippen LogP) is 18.2. The van der Waals surface area contributed by atoms with Crippen LogP contribution < -0.4 is 9.80 Å². The molecule has 0 N–H and O–H groups in total. The molecule has 4 heteroatoms. The smallest absolute Gasteiger partial charge is 0.147 e. The van der Waals surface area contributed by atoms with Crippen LogP contribution in [0.5, 0.6) is 0 Å². The van der Waals surface area contributed by atoms with Crippen LogP contribution in [0.2, 0.25) is 0 Å². The normalized spacial score (nSPS) is 11.8. The Balaban J connectivity index is 1.03. The maximum atomic E-state index is 7.02. The second kappa shape index (κ2) is 15.3. The van der Waals surface area contributed by atoms with Gasteiger partial charge in [0.1, 0.15) is 22.3 Å². The summed E-state index contributed by atoms with van der Waals surface area (Å²) in [4.78, 5) is 4.74. The van der Waals surface area contributed by atoms with Crippen molar-refractivity contribution in [2.45, 2.75) is 41.5 Å². The van der Waals surface area contributed by atoms with E-state index in [1.807, 2.05) is 0 Å². The van der Waals surface area contributed by atoms with Gasteiger partial charge in [-0.3, -0.25) is 0 Å². The summed E-state index contributed by atoms with van der Waals surface area (Å²) in [7, 11) is 0. The number of hydrogen-bond acceptors (Lipinski definition) is 4.